The van der Waals surface area contributed by atoms with Crippen LogP contribution in [-0.4, -0.2) is 14.4 Å². The van der Waals surface area contributed by atoms with Gasteiger partial charge in [-0.3, -0.25) is 0 Å². The van der Waals surface area contributed by atoms with Gasteiger partial charge in [0.2, 0.25) is 0 Å². The van der Waals surface area contributed by atoms with Crippen LogP contribution < -0.4 is 0 Å². The van der Waals surface area contributed by atoms with Gasteiger partial charge in [0.05, 0.1) is 0 Å². The Kier molecular flexibility index (Phi) is 7.52. The predicted octanol–water partition coefficient (Wildman–Crippen LogP) is 3.80. The van der Waals surface area contributed by atoms with Gasteiger partial charge in [-0.1, -0.05) is 0 Å². The third kappa shape index (κ3) is 6.00. The summed E-state index contributed by atoms with van der Waals surface area (Å²) in [5.74, 6) is 0. The Morgan fingerprint density at radius 1 is 0.889 bits per heavy atom. The number of halogens is 7. The van der Waals surface area contributed by atoms with E-state index in [0.29, 0.717) is 0 Å². The molecular weight excluding hydrogens is 349 g/mol. The summed E-state index contributed by atoms with van der Waals surface area (Å²) in [4.78, 5) is 0. The van der Waals surface area contributed by atoms with Gasteiger partial charge in [0.1, 0.15) is 0 Å². The van der Waals surface area contributed by atoms with Gasteiger partial charge in [0.25, 0.3) is 0 Å². The molecule has 0 bridgehead atoms. The van der Waals surface area contributed by atoms with Crippen molar-refractivity contribution in [2.45, 2.75) is 0 Å². The van der Waals surface area contributed by atoms with E-state index in [-0.39, 0.29) is 12.4 Å². The summed E-state index contributed by atoms with van der Waals surface area (Å²) in [6.45, 7) is 0. The van der Waals surface area contributed by atoms with E-state index in [4.69, 9.17) is 63.3 Å². The van der Waals surface area contributed by atoms with Gasteiger partial charge in [0, 0.05) is 0 Å². The van der Waals surface area contributed by atoms with E-state index in [0.717, 1.165) is 0 Å². The Morgan fingerprint density at radius 2 is 1.00 bits per heavy atom. The second-order valence-electron chi connectivity index (χ2n) is 0.996. The van der Waals surface area contributed by atoms with Crippen LogP contribution >= 0.6 is 75.7 Å². The van der Waals surface area contributed by atoms with Gasteiger partial charge in [-0.05, 0) is 0 Å². The van der Waals surface area contributed by atoms with Gasteiger partial charge in [-0.25, -0.2) is 0 Å². The summed E-state index contributed by atoms with van der Waals surface area (Å²) in [5, 5.41) is 0. The fourth-order valence-electron chi connectivity index (χ4n) is 0. The number of hydrogen-bond acceptors (Lipinski definition) is 0. The quantitative estimate of drug-likeness (QED) is 0.499. The first-order valence-corrected chi connectivity index (χ1v) is 17.8. The van der Waals surface area contributed by atoms with Gasteiger partial charge in [0.15, 0.2) is 0 Å². The predicted molar refractivity (Wildman–Crippen MR) is 53.9 cm³/mol. The molecule has 0 aromatic rings. The minimum absolute atomic E-state index is 0. The fourth-order valence-corrected chi connectivity index (χ4v) is 0. The molecular formula is HCl7GeSi. The third-order valence-electron chi connectivity index (χ3n) is 0.321. The van der Waals surface area contributed by atoms with Crippen LogP contribution in [-0.2, 0) is 0 Å². The zero-order valence-corrected chi connectivity index (χ0v) is 12.1. The summed E-state index contributed by atoms with van der Waals surface area (Å²) in [5.41, 5.74) is 0. The average molecular weight is 350 g/mol. The van der Waals surface area contributed by atoms with Gasteiger partial charge in [-0.2, -0.15) is 0 Å². The zero-order chi connectivity index (χ0) is 7.00. The van der Waals surface area contributed by atoms with Crippen molar-refractivity contribution in [1.82, 2.24) is 0 Å². The first kappa shape index (κ1) is 14.3. The molecule has 0 aromatic heterocycles. The molecule has 0 nitrogen and oxygen atoms in total. The van der Waals surface area contributed by atoms with Gasteiger partial charge in [-0.15, -0.1) is 12.4 Å². The van der Waals surface area contributed by atoms with E-state index in [1.54, 1.807) is 0 Å². The van der Waals surface area contributed by atoms with Crippen molar-refractivity contribution in [1.29, 1.82) is 0 Å². The van der Waals surface area contributed by atoms with Crippen molar-refractivity contribution < 1.29 is 0 Å². The zero-order valence-electron chi connectivity index (χ0n) is 3.68. The summed E-state index contributed by atoms with van der Waals surface area (Å²) < 4.78 is -2.96. The molecule has 58 valence electrons. The maximum absolute atomic E-state index is 5.39. The van der Waals surface area contributed by atoms with E-state index < -0.39 is 14.4 Å². The van der Waals surface area contributed by atoms with E-state index >= 15 is 0 Å². The molecule has 0 radical (unpaired) electrons. The molecule has 9 heteroatoms. The van der Waals surface area contributed by atoms with E-state index in [1.165, 1.54) is 0 Å². The SMILES string of the molecule is Cl.Cl[Si](Cl)(Cl)[Ge]([Cl])([Cl])[Cl]. The van der Waals surface area contributed by atoms with E-state index in [9.17, 15) is 0 Å². The first-order valence-electron chi connectivity index (χ1n) is 1.38. The van der Waals surface area contributed by atoms with Crippen LogP contribution in [0.5, 0.6) is 0 Å². The maximum atomic E-state index is 5.39. The summed E-state index contributed by atoms with van der Waals surface area (Å²) in [6, 6.07) is 0. The monoisotopic (exact) mass is 348 g/mol. The number of hydrogen-bond donors (Lipinski definition) is 0. The molecule has 0 aliphatic carbocycles. The molecule has 0 fully saturated rings. The van der Waals surface area contributed by atoms with Crippen LogP contribution in [0, 0.1) is 0 Å². The van der Waals surface area contributed by atoms with Crippen molar-refractivity contribution in [3.63, 3.8) is 0 Å². The van der Waals surface area contributed by atoms with Crippen LogP contribution in [0.15, 0.2) is 0 Å². The Hall–Kier alpha value is 2.79. The standard InChI is InChI=1S/Cl6GeSi.ClH/c1-7(2,3)8(4,5)6;/h;1H. The normalized spacial score (nSPS) is 12.7. The van der Waals surface area contributed by atoms with Crippen molar-refractivity contribution in [3.05, 3.63) is 0 Å². The van der Waals surface area contributed by atoms with Gasteiger partial charge < -0.3 is 0 Å². The Labute approximate surface area is 88.9 Å². The van der Waals surface area contributed by atoms with Crippen LogP contribution in [0.4, 0.5) is 0 Å². The van der Waals surface area contributed by atoms with Crippen molar-refractivity contribution in [2.75, 3.05) is 0 Å². The molecule has 0 aliphatic rings. The minimum atomic E-state index is -3.46. The molecule has 0 aliphatic heterocycles. The number of rotatable bonds is 1. The average Bonchev–Trinajstić information content (AvgIpc) is 1.25. The Morgan fingerprint density at radius 3 is 1.00 bits per heavy atom. The fraction of sp³-hybridized carbons (Fsp3) is 0. The molecule has 0 heterocycles. The second kappa shape index (κ2) is 4.73. The van der Waals surface area contributed by atoms with Crippen molar-refractivity contribution in [3.8, 4) is 0 Å². The van der Waals surface area contributed by atoms with E-state index in [1.807, 2.05) is 0 Å². The first-order chi connectivity index (χ1) is 3.25. The second-order valence-corrected chi connectivity index (χ2v) is 42.3. The molecule has 0 saturated heterocycles. The third-order valence-corrected chi connectivity index (χ3v) is 45.1. The molecule has 0 atom stereocenters. The molecule has 0 spiro atoms. The Balaban J connectivity index is 0. The Bertz CT molecular complexity index is 63.9. The van der Waals surface area contributed by atoms with Crippen LogP contribution in [0.1, 0.15) is 0 Å². The van der Waals surface area contributed by atoms with Crippen LogP contribution in [0.25, 0.3) is 0 Å². The molecule has 0 amide bonds. The van der Waals surface area contributed by atoms with Crippen LogP contribution in [0.3, 0.4) is 0 Å². The molecule has 0 saturated carbocycles. The molecule has 0 aromatic carbocycles. The summed E-state index contributed by atoms with van der Waals surface area (Å²) in [6.07, 6.45) is 0. The van der Waals surface area contributed by atoms with E-state index in [2.05, 4.69) is 0 Å². The summed E-state index contributed by atoms with van der Waals surface area (Å²) in [7, 11) is 12.7. The van der Waals surface area contributed by atoms with Gasteiger partial charge >= 0.3 is 77.6 Å². The van der Waals surface area contributed by atoms with Crippen LogP contribution in [0.2, 0.25) is 0 Å². The molecule has 9 heavy (non-hydrogen) atoms. The topological polar surface area (TPSA) is 0 Å². The molecule has 0 N–H and O–H groups in total. The van der Waals surface area contributed by atoms with Crippen molar-refractivity contribution in [2.24, 2.45) is 0 Å². The summed E-state index contributed by atoms with van der Waals surface area (Å²) >= 11 is 16.1. The molecule has 0 rings (SSSR count). The molecule has 0 unspecified atom stereocenters. The van der Waals surface area contributed by atoms with Crippen molar-refractivity contribution >= 4 is 90.0 Å².